The summed E-state index contributed by atoms with van der Waals surface area (Å²) in [7, 11) is 3.08. The van der Waals surface area contributed by atoms with Crippen LogP contribution in [0.3, 0.4) is 0 Å². The molecule has 0 bridgehead atoms. The Morgan fingerprint density at radius 2 is 2.00 bits per heavy atom. The molecular formula is C18H23N3O4. The van der Waals surface area contributed by atoms with Crippen molar-refractivity contribution in [3.05, 3.63) is 23.3 Å². The molecule has 25 heavy (non-hydrogen) atoms. The van der Waals surface area contributed by atoms with E-state index in [0.717, 1.165) is 39.3 Å². The summed E-state index contributed by atoms with van der Waals surface area (Å²) in [5.74, 6) is 0.932. The lowest BCUT2D eigenvalue weighted by Crippen LogP contribution is -2.38. The zero-order chi connectivity index (χ0) is 17.8. The number of amides is 1. The molecule has 0 aromatic heterocycles. The fraction of sp³-hybridized carbons (Fsp3) is 0.556. The molecule has 7 heteroatoms. The van der Waals surface area contributed by atoms with E-state index in [4.69, 9.17) is 14.2 Å². The maximum atomic E-state index is 12.8. The van der Waals surface area contributed by atoms with Crippen molar-refractivity contribution in [2.24, 2.45) is 0 Å². The van der Waals surface area contributed by atoms with Crippen LogP contribution in [0, 0.1) is 11.3 Å². The topological polar surface area (TPSA) is 75.0 Å². The molecule has 0 spiro atoms. The Morgan fingerprint density at radius 3 is 2.64 bits per heavy atom. The second-order valence-corrected chi connectivity index (χ2v) is 6.13. The molecule has 0 aliphatic carbocycles. The van der Waals surface area contributed by atoms with E-state index in [1.54, 1.807) is 24.1 Å². The van der Waals surface area contributed by atoms with Crippen molar-refractivity contribution in [1.82, 2.24) is 9.80 Å². The van der Waals surface area contributed by atoms with Gasteiger partial charge in [0.25, 0.3) is 5.91 Å². The van der Waals surface area contributed by atoms with Gasteiger partial charge >= 0.3 is 0 Å². The number of hydrogen-bond donors (Lipinski definition) is 0. The summed E-state index contributed by atoms with van der Waals surface area (Å²) >= 11 is 0. The van der Waals surface area contributed by atoms with Gasteiger partial charge in [-0.1, -0.05) is 0 Å². The minimum absolute atomic E-state index is 0.138. The van der Waals surface area contributed by atoms with Crippen molar-refractivity contribution in [3.8, 4) is 17.6 Å². The Morgan fingerprint density at radius 1 is 1.24 bits per heavy atom. The normalized spacial score (nSPS) is 20.3. The molecule has 0 N–H and O–H groups in total. The van der Waals surface area contributed by atoms with Gasteiger partial charge in [0.2, 0.25) is 0 Å². The molecule has 1 fully saturated rings. The minimum Gasteiger partial charge on any atom is -0.497 e. The molecule has 3 rings (SSSR count). The van der Waals surface area contributed by atoms with Crippen molar-refractivity contribution in [1.29, 1.82) is 5.26 Å². The summed E-state index contributed by atoms with van der Waals surface area (Å²) in [5, 5.41) is 9.64. The molecule has 0 saturated carbocycles. The number of morpholine rings is 1. The van der Waals surface area contributed by atoms with Gasteiger partial charge in [-0.25, -0.2) is 0 Å². The number of hydrogen-bond acceptors (Lipinski definition) is 6. The first-order valence-corrected chi connectivity index (χ1v) is 8.46. The Labute approximate surface area is 147 Å². The zero-order valence-corrected chi connectivity index (χ0v) is 14.7. The van der Waals surface area contributed by atoms with E-state index < -0.39 is 6.04 Å². The van der Waals surface area contributed by atoms with Crippen LogP contribution in [0.25, 0.3) is 0 Å². The summed E-state index contributed by atoms with van der Waals surface area (Å²) in [5.41, 5.74) is 1.14. The lowest BCUT2D eigenvalue weighted by Gasteiger charge is -2.28. The zero-order valence-electron chi connectivity index (χ0n) is 14.7. The monoisotopic (exact) mass is 345 g/mol. The highest BCUT2D eigenvalue weighted by Crippen LogP contribution is 2.41. The van der Waals surface area contributed by atoms with Gasteiger partial charge < -0.3 is 19.1 Å². The molecule has 1 atom stereocenters. The van der Waals surface area contributed by atoms with Gasteiger partial charge in [0, 0.05) is 37.8 Å². The van der Waals surface area contributed by atoms with Gasteiger partial charge in [0.1, 0.15) is 17.5 Å². The quantitative estimate of drug-likeness (QED) is 0.777. The maximum Gasteiger partial charge on any atom is 0.255 e. The number of benzene rings is 1. The summed E-state index contributed by atoms with van der Waals surface area (Å²) in [4.78, 5) is 16.8. The minimum atomic E-state index is -0.618. The Bertz CT molecular complexity index is 680. The van der Waals surface area contributed by atoms with Crippen LogP contribution in [0.4, 0.5) is 0 Å². The van der Waals surface area contributed by atoms with Crippen LogP contribution in [-0.4, -0.2) is 69.3 Å². The first-order valence-electron chi connectivity index (χ1n) is 8.46. The van der Waals surface area contributed by atoms with Gasteiger partial charge in [-0.15, -0.1) is 0 Å². The van der Waals surface area contributed by atoms with Gasteiger partial charge in [-0.05, 0) is 12.5 Å². The van der Waals surface area contributed by atoms with Crippen molar-refractivity contribution in [2.75, 3.05) is 53.6 Å². The SMILES string of the molecule is COc1cc(OC)c2c(c1)C(=O)N(CCCN1CCOCC1)C2C#N. The van der Waals surface area contributed by atoms with Crippen LogP contribution < -0.4 is 9.47 Å². The number of fused-ring (bicyclic) bond motifs is 1. The second-order valence-electron chi connectivity index (χ2n) is 6.13. The van der Waals surface area contributed by atoms with Crippen LogP contribution in [-0.2, 0) is 4.74 Å². The first kappa shape index (κ1) is 17.5. The number of nitriles is 1. The lowest BCUT2D eigenvalue weighted by molar-refractivity contribution is 0.0355. The van der Waals surface area contributed by atoms with E-state index in [-0.39, 0.29) is 5.91 Å². The number of methoxy groups -OCH3 is 2. The first-order chi connectivity index (χ1) is 12.2. The van der Waals surface area contributed by atoms with Crippen molar-refractivity contribution < 1.29 is 19.0 Å². The van der Waals surface area contributed by atoms with Crippen molar-refractivity contribution in [3.63, 3.8) is 0 Å². The summed E-state index contributed by atoms with van der Waals surface area (Å²) in [6, 6.07) is 5.04. The van der Waals surface area contributed by atoms with E-state index in [1.807, 2.05) is 0 Å². The lowest BCUT2D eigenvalue weighted by atomic mass is 10.0. The second kappa shape index (κ2) is 7.72. The number of carbonyl (C=O) groups is 1. The van der Waals surface area contributed by atoms with Crippen molar-refractivity contribution >= 4 is 5.91 Å². The molecule has 2 heterocycles. The molecule has 1 unspecified atom stereocenters. The Hall–Kier alpha value is -2.30. The Balaban J connectivity index is 1.74. The standard InChI is InChI=1S/C18H23N3O4/c1-23-13-10-14-17(16(11-13)24-2)15(12-19)21(18(14)22)5-3-4-20-6-8-25-9-7-20/h10-11,15H,3-9H2,1-2H3. The molecule has 1 aromatic carbocycles. The highest BCUT2D eigenvalue weighted by Gasteiger charge is 2.39. The van der Waals surface area contributed by atoms with Gasteiger partial charge in [0.15, 0.2) is 0 Å². The molecule has 1 saturated heterocycles. The van der Waals surface area contributed by atoms with Crippen LogP contribution in [0.15, 0.2) is 12.1 Å². The van der Waals surface area contributed by atoms with Crippen LogP contribution in [0.1, 0.15) is 28.4 Å². The Kier molecular flexibility index (Phi) is 5.41. The third-order valence-electron chi connectivity index (χ3n) is 4.75. The number of rotatable bonds is 6. The van der Waals surface area contributed by atoms with Crippen molar-refractivity contribution in [2.45, 2.75) is 12.5 Å². The summed E-state index contributed by atoms with van der Waals surface area (Å²) in [6.45, 7) is 4.77. The van der Waals surface area contributed by atoms with Gasteiger partial charge in [-0.3, -0.25) is 9.69 Å². The fourth-order valence-electron chi connectivity index (χ4n) is 3.43. The molecule has 1 amide bonds. The number of ether oxygens (including phenoxy) is 3. The fourth-order valence-corrected chi connectivity index (χ4v) is 3.43. The predicted molar refractivity (Wildman–Crippen MR) is 90.8 cm³/mol. The largest absolute Gasteiger partial charge is 0.497 e. The average Bonchev–Trinajstić information content (AvgIpc) is 2.93. The molecule has 134 valence electrons. The van der Waals surface area contributed by atoms with E-state index in [9.17, 15) is 10.1 Å². The van der Waals surface area contributed by atoms with Crippen LogP contribution in [0.2, 0.25) is 0 Å². The molecule has 2 aliphatic rings. The number of carbonyl (C=O) groups excluding carboxylic acids is 1. The van der Waals surface area contributed by atoms with E-state index in [1.165, 1.54) is 7.11 Å². The smallest absolute Gasteiger partial charge is 0.255 e. The molecule has 1 aromatic rings. The van der Waals surface area contributed by atoms with Gasteiger partial charge in [-0.2, -0.15) is 5.26 Å². The molecule has 7 nitrogen and oxygen atoms in total. The van der Waals surface area contributed by atoms with E-state index >= 15 is 0 Å². The highest BCUT2D eigenvalue weighted by atomic mass is 16.5. The molecule has 2 aliphatic heterocycles. The molecule has 0 radical (unpaired) electrons. The maximum absolute atomic E-state index is 12.8. The average molecular weight is 345 g/mol. The molecular weight excluding hydrogens is 322 g/mol. The third kappa shape index (κ3) is 3.41. The van der Waals surface area contributed by atoms with Gasteiger partial charge in [0.05, 0.1) is 39.1 Å². The van der Waals surface area contributed by atoms with Crippen LogP contribution >= 0.6 is 0 Å². The predicted octanol–water partition coefficient (Wildman–Crippen LogP) is 1.45. The summed E-state index contributed by atoms with van der Waals surface area (Å²) in [6.07, 6.45) is 0.817. The highest BCUT2D eigenvalue weighted by molar-refractivity contribution is 6.01. The summed E-state index contributed by atoms with van der Waals surface area (Å²) < 4.78 is 16.0. The van der Waals surface area contributed by atoms with E-state index in [0.29, 0.717) is 29.2 Å². The van der Waals surface area contributed by atoms with Crippen LogP contribution in [0.5, 0.6) is 11.5 Å². The van der Waals surface area contributed by atoms with E-state index in [2.05, 4.69) is 11.0 Å². The number of nitrogens with zero attached hydrogens (tertiary/aromatic N) is 3. The third-order valence-corrected chi connectivity index (χ3v) is 4.75.